The maximum absolute atomic E-state index is 12.7. The average Bonchev–Trinajstić information content (AvgIpc) is 2.42. The van der Waals surface area contributed by atoms with Crippen molar-refractivity contribution < 1.29 is 4.39 Å². The molecule has 0 fully saturated rings. The summed E-state index contributed by atoms with van der Waals surface area (Å²) in [5, 5.41) is 8.66. The molecule has 0 saturated heterocycles. The van der Waals surface area contributed by atoms with Crippen molar-refractivity contribution in [1.29, 1.82) is 5.26 Å². The zero-order valence-corrected chi connectivity index (χ0v) is 6.95. The van der Waals surface area contributed by atoms with Crippen molar-refractivity contribution in [3.05, 3.63) is 29.8 Å². The molecule has 3 nitrogen and oxygen atoms in total. The highest BCUT2D eigenvalue weighted by molar-refractivity contribution is 5.76. The molecule has 2 aromatic rings. The van der Waals surface area contributed by atoms with Gasteiger partial charge in [-0.1, -0.05) is 0 Å². The second-order valence-electron chi connectivity index (χ2n) is 2.74. The van der Waals surface area contributed by atoms with Crippen LogP contribution in [-0.2, 0) is 7.05 Å². The van der Waals surface area contributed by atoms with Crippen LogP contribution in [0.3, 0.4) is 0 Å². The van der Waals surface area contributed by atoms with Crippen molar-refractivity contribution in [2.24, 2.45) is 7.05 Å². The molecule has 1 aromatic heterocycles. The SMILES string of the molecule is Cn1c(C#N)nc2cc(F)ccc21. The maximum Gasteiger partial charge on any atom is 0.213 e. The highest BCUT2D eigenvalue weighted by Crippen LogP contribution is 2.15. The molecule has 0 aliphatic heterocycles. The molecule has 0 aliphatic rings. The van der Waals surface area contributed by atoms with Gasteiger partial charge in [-0.2, -0.15) is 5.26 Å². The maximum atomic E-state index is 12.7. The highest BCUT2D eigenvalue weighted by Gasteiger charge is 2.06. The van der Waals surface area contributed by atoms with Gasteiger partial charge in [0.05, 0.1) is 11.0 Å². The molecule has 0 atom stereocenters. The second-order valence-corrected chi connectivity index (χ2v) is 2.74. The first-order valence-electron chi connectivity index (χ1n) is 3.74. The summed E-state index contributed by atoms with van der Waals surface area (Å²) in [4.78, 5) is 3.95. The molecule has 4 heteroatoms. The second kappa shape index (κ2) is 2.56. The third-order valence-electron chi connectivity index (χ3n) is 1.94. The number of hydrogen-bond acceptors (Lipinski definition) is 2. The summed E-state index contributed by atoms with van der Waals surface area (Å²) in [7, 11) is 1.73. The molecule has 0 bridgehead atoms. The summed E-state index contributed by atoms with van der Waals surface area (Å²) in [6.45, 7) is 0. The highest BCUT2D eigenvalue weighted by atomic mass is 19.1. The smallest absolute Gasteiger partial charge is 0.213 e. The monoisotopic (exact) mass is 175 g/mol. The summed E-state index contributed by atoms with van der Waals surface area (Å²) >= 11 is 0. The molecule has 1 heterocycles. The van der Waals surface area contributed by atoms with Gasteiger partial charge in [-0.3, -0.25) is 0 Å². The number of nitriles is 1. The fourth-order valence-corrected chi connectivity index (χ4v) is 1.27. The van der Waals surface area contributed by atoms with E-state index in [9.17, 15) is 4.39 Å². The van der Waals surface area contributed by atoms with Crippen molar-refractivity contribution >= 4 is 11.0 Å². The Balaban J connectivity index is 2.86. The summed E-state index contributed by atoms with van der Waals surface area (Å²) in [6.07, 6.45) is 0. The van der Waals surface area contributed by atoms with E-state index in [2.05, 4.69) is 4.98 Å². The van der Waals surface area contributed by atoms with Gasteiger partial charge < -0.3 is 4.57 Å². The Hall–Kier alpha value is -1.89. The van der Waals surface area contributed by atoms with Crippen molar-refractivity contribution in [2.75, 3.05) is 0 Å². The van der Waals surface area contributed by atoms with E-state index in [1.54, 1.807) is 17.7 Å². The molecule has 2 rings (SSSR count). The molecule has 13 heavy (non-hydrogen) atoms. The fourth-order valence-electron chi connectivity index (χ4n) is 1.27. The predicted molar refractivity (Wildman–Crippen MR) is 45.4 cm³/mol. The Bertz CT molecular complexity index is 507. The van der Waals surface area contributed by atoms with Gasteiger partial charge in [0.25, 0.3) is 0 Å². The van der Waals surface area contributed by atoms with E-state index in [4.69, 9.17) is 5.26 Å². The molecule has 0 unspecified atom stereocenters. The number of aryl methyl sites for hydroxylation is 1. The normalized spacial score (nSPS) is 10.2. The summed E-state index contributed by atoms with van der Waals surface area (Å²) in [6, 6.07) is 6.21. The van der Waals surface area contributed by atoms with E-state index in [1.807, 2.05) is 6.07 Å². The molecule has 0 spiro atoms. The van der Waals surface area contributed by atoms with Crippen LogP contribution in [0.4, 0.5) is 4.39 Å². The number of rotatable bonds is 0. The Labute approximate surface area is 74.0 Å². The third kappa shape index (κ3) is 1.05. The molecule has 0 aliphatic carbocycles. The van der Waals surface area contributed by atoms with Crippen LogP contribution in [0.15, 0.2) is 18.2 Å². The zero-order valence-electron chi connectivity index (χ0n) is 6.95. The van der Waals surface area contributed by atoms with Crippen LogP contribution in [0.1, 0.15) is 5.82 Å². The number of nitrogens with zero attached hydrogens (tertiary/aromatic N) is 3. The average molecular weight is 175 g/mol. The van der Waals surface area contributed by atoms with E-state index in [1.165, 1.54) is 12.1 Å². The fraction of sp³-hybridized carbons (Fsp3) is 0.111. The van der Waals surface area contributed by atoms with Crippen molar-refractivity contribution in [2.45, 2.75) is 0 Å². The van der Waals surface area contributed by atoms with E-state index in [-0.39, 0.29) is 5.82 Å². The minimum absolute atomic E-state index is 0.292. The van der Waals surface area contributed by atoms with Crippen LogP contribution in [0.2, 0.25) is 0 Å². The third-order valence-corrected chi connectivity index (χ3v) is 1.94. The van der Waals surface area contributed by atoms with Crippen LogP contribution < -0.4 is 0 Å². The molecule has 64 valence electrons. The van der Waals surface area contributed by atoms with Crippen LogP contribution in [-0.4, -0.2) is 9.55 Å². The van der Waals surface area contributed by atoms with Gasteiger partial charge in [-0.05, 0) is 12.1 Å². The van der Waals surface area contributed by atoms with Crippen molar-refractivity contribution in [1.82, 2.24) is 9.55 Å². The molecule has 0 amide bonds. The first-order chi connectivity index (χ1) is 6.22. The summed E-state index contributed by atoms with van der Waals surface area (Å²) in [5.74, 6) is -0.0457. The van der Waals surface area contributed by atoms with E-state index >= 15 is 0 Å². The van der Waals surface area contributed by atoms with Gasteiger partial charge in [0.1, 0.15) is 11.9 Å². The number of hydrogen-bond donors (Lipinski definition) is 0. The van der Waals surface area contributed by atoms with Crippen LogP contribution in [0, 0.1) is 17.1 Å². The first kappa shape index (κ1) is 7.74. The number of halogens is 1. The van der Waals surface area contributed by atoms with Gasteiger partial charge >= 0.3 is 0 Å². The van der Waals surface area contributed by atoms with E-state index in [0.29, 0.717) is 11.3 Å². The summed E-state index contributed by atoms with van der Waals surface area (Å²) in [5.41, 5.74) is 1.28. The van der Waals surface area contributed by atoms with Crippen molar-refractivity contribution in [3.8, 4) is 6.07 Å². The largest absolute Gasteiger partial charge is 0.319 e. The Morgan fingerprint density at radius 2 is 2.31 bits per heavy atom. The predicted octanol–water partition coefficient (Wildman–Crippen LogP) is 1.58. The van der Waals surface area contributed by atoms with Crippen LogP contribution in [0.25, 0.3) is 11.0 Å². The van der Waals surface area contributed by atoms with Crippen LogP contribution >= 0.6 is 0 Å². The minimum atomic E-state index is -0.338. The zero-order chi connectivity index (χ0) is 9.42. The molecule has 0 saturated carbocycles. The number of fused-ring (bicyclic) bond motifs is 1. The van der Waals surface area contributed by atoms with E-state index in [0.717, 1.165) is 5.52 Å². The summed E-state index contributed by atoms with van der Waals surface area (Å²) < 4.78 is 14.4. The van der Waals surface area contributed by atoms with Gasteiger partial charge in [-0.15, -0.1) is 0 Å². The molecular formula is C9H6FN3. The number of benzene rings is 1. The van der Waals surface area contributed by atoms with E-state index < -0.39 is 0 Å². The van der Waals surface area contributed by atoms with Crippen molar-refractivity contribution in [3.63, 3.8) is 0 Å². The van der Waals surface area contributed by atoms with Gasteiger partial charge in [0, 0.05) is 13.1 Å². The standard InChI is InChI=1S/C9H6FN3/c1-13-8-3-2-6(10)4-7(8)12-9(13)5-11/h2-4H,1H3. The number of imidazole rings is 1. The lowest BCUT2D eigenvalue weighted by Crippen LogP contribution is -1.91. The van der Waals surface area contributed by atoms with Crippen LogP contribution in [0.5, 0.6) is 0 Å². The molecule has 0 N–H and O–H groups in total. The lowest BCUT2D eigenvalue weighted by atomic mass is 10.3. The Kier molecular flexibility index (Phi) is 1.52. The molecule has 0 radical (unpaired) electrons. The van der Waals surface area contributed by atoms with Gasteiger partial charge in [-0.25, -0.2) is 9.37 Å². The van der Waals surface area contributed by atoms with Gasteiger partial charge in [0.15, 0.2) is 0 Å². The lowest BCUT2D eigenvalue weighted by molar-refractivity contribution is 0.629. The lowest BCUT2D eigenvalue weighted by Gasteiger charge is -1.93. The quantitative estimate of drug-likeness (QED) is 0.610. The molecule has 1 aromatic carbocycles. The topological polar surface area (TPSA) is 41.6 Å². The Morgan fingerprint density at radius 3 is 3.00 bits per heavy atom. The first-order valence-corrected chi connectivity index (χ1v) is 3.74. The Morgan fingerprint density at radius 1 is 1.54 bits per heavy atom. The minimum Gasteiger partial charge on any atom is -0.319 e. The number of aromatic nitrogens is 2. The van der Waals surface area contributed by atoms with Gasteiger partial charge in [0.2, 0.25) is 5.82 Å². The molecular weight excluding hydrogens is 169 g/mol.